The van der Waals surface area contributed by atoms with Gasteiger partial charge in [0.15, 0.2) is 0 Å². The zero-order chi connectivity index (χ0) is 22.1. The molecule has 0 aromatic carbocycles. The minimum absolute atomic E-state index is 0.0121. The van der Waals surface area contributed by atoms with Crippen molar-refractivity contribution in [1.29, 1.82) is 0 Å². The van der Waals surface area contributed by atoms with Crippen LogP contribution in [0.5, 0.6) is 0 Å². The highest BCUT2D eigenvalue weighted by molar-refractivity contribution is 5.89. The Morgan fingerprint density at radius 2 is 1.94 bits per heavy atom. The van der Waals surface area contributed by atoms with Crippen LogP contribution >= 0.6 is 0 Å². The summed E-state index contributed by atoms with van der Waals surface area (Å²) in [5.41, 5.74) is 0.822. The highest BCUT2D eigenvalue weighted by atomic mass is 16.2. The molecule has 8 heteroatoms. The predicted octanol–water partition coefficient (Wildman–Crippen LogP) is 1.33. The molecule has 32 heavy (non-hydrogen) atoms. The van der Waals surface area contributed by atoms with Crippen LogP contribution in [0.2, 0.25) is 0 Å². The van der Waals surface area contributed by atoms with Crippen LogP contribution in [0.25, 0.3) is 0 Å². The molecule has 0 radical (unpaired) electrons. The number of rotatable bonds is 5. The number of hydrogen-bond acceptors (Lipinski definition) is 5. The van der Waals surface area contributed by atoms with Gasteiger partial charge in [-0.05, 0) is 38.0 Å². The zero-order valence-corrected chi connectivity index (χ0v) is 18.4. The summed E-state index contributed by atoms with van der Waals surface area (Å²) in [6.07, 6.45) is 14.5. The second-order valence-electron chi connectivity index (χ2n) is 9.58. The Hall–Kier alpha value is -2.77. The van der Waals surface area contributed by atoms with Crippen LogP contribution in [-0.2, 0) is 20.8 Å². The normalized spacial score (nSPS) is 29.7. The van der Waals surface area contributed by atoms with Gasteiger partial charge in [-0.25, -0.2) is 0 Å². The topological polar surface area (TPSA) is 95.5 Å². The first-order valence-electron chi connectivity index (χ1n) is 11.9. The smallest absolute Gasteiger partial charge is 0.243 e. The van der Waals surface area contributed by atoms with Crippen molar-refractivity contribution in [3.8, 4) is 0 Å². The molecular weight excluding hydrogens is 406 g/mol. The van der Waals surface area contributed by atoms with E-state index in [0.717, 1.165) is 37.8 Å². The molecule has 4 heterocycles. The van der Waals surface area contributed by atoms with Crippen LogP contribution in [0, 0.1) is 17.8 Å². The van der Waals surface area contributed by atoms with E-state index in [-0.39, 0.29) is 41.5 Å². The number of fused-ring (bicyclic) bond motifs is 4. The van der Waals surface area contributed by atoms with Crippen LogP contribution < -0.4 is 5.32 Å². The number of hydrogen-bond donors (Lipinski definition) is 1. The van der Waals surface area contributed by atoms with Gasteiger partial charge in [-0.3, -0.25) is 24.4 Å². The van der Waals surface area contributed by atoms with Gasteiger partial charge in [0, 0.05) is 68.9 Å². The Morgan fingerprint density at radius 3 is 2.72 bits per heavy atom. The second-order valence-corrected chi connectivity index (χ2v) is 9.58. The van der Waals surface area contributed by atoms with Crippen LogP contribution in [0.15, 0.2) is 30.7 Å². The third kappa shape index (κ3) is 4.02. The van der Waals surface area contributed by atoms with E-state index in [0.29, 0.717) is 32.5 Å². The van der Waals surface area contributed by atoms with Crippen molar-refractivity contribution in [3.05, 3.63) is 36.4 Å². The van der Waals surface area contributed by atoms with E-state index in [9.17, 15) is 14.4 Å². The fraction of sp³-hybridized carbons (Fsp3) is 0.625. The largest absolute Gasteiger partial charge is 0.354 e. The molecule has 3 fully saturated rings. The number of carbonyl (C=O) groups is 3. The molecule has 0 spiro atoms. The van der Waals surface area contributed by atoms with E-state index < -0.39 is 6.04 Å². The summed E-state index contributed by atoms with van der Waals surface area (Å²) >= 11 is 0. The molecule has 3 saturated heterocycles. The van der Waals surface area contributed by atoms with Crippen molar-refractivity contribution in [2.45, 2.75) is 57.0 Å². The highest BCUT2D eigenvalue weighted by Crippen LogP contribution is 2.42. The van der Waals surface area contributed by atoms with Crippen molar-refractivity contribution in [3.63, 3.8) is 0 Å². The third-order valence-corrected chi connectivity index (χ3v) is 7.58. The standard InChI is InChI=1S/C24H31N5O3/c30-21-7-3-6-20-17-12-18(15-28(14-17)24(32)16-4-1-2-5-16)22(29(20)21)23(31)27-9-8-19-13-25-10-11-26-19/h1-2,10-11,13,16-18,20,22H,3-9,12,14-15H2,(H,27,31)/t17-,18+,20-,22+/m0/s1. The number of aromatic nitrogens is 2. The van der Waals surface area contributed by atoms with E-state index in [1.54, 1.807) is 18.6 Å². The van der Waals surface area contributed by atoms with Crippen LogP contribution in [0.4, 0.5) is 0 Å². The molecule has 1 aliphatic carbocycles. The minimum atomic E-state index is -0.497. The summed E-state index contributed by atoms with van der Waals surface area (Å²) in [5, 5.41) is 3.04. The lowest BCUT2D eigenvalue weighted by Gasteiger charge is -2.56. The van der Waals surface area contributed by atoms with E-state index in [1.165, 1.54) is 0 Å². The van der Waals surface area contributed by atoms with Gasteiger partial charge in [0.2, 0.25) is 17.7 Å². The predicted molar refractivity (Wildman–Crippen MR) is 117 cm³/mol. The Morgan fingerprint density at radius 1 is 1.12 bits per heavy atom. The quantitative estimate of drug-likeness (QED) is 0.701. The first kappa shape index (κ1) is 21.1. The number of piperidine rings is 3. The van der Waals surface area contributed by atoms with Crippen molar-refractivity contribution >= 4 is 17.7 Å². The van der Waals surface area contributed by atoms with E-state index in [1.807, 2.05) is 9.80 Å². The Kier molecular flexibility index (Phi) is 5.93. The van der Waals surface area contributed by atoms with Gasteiger partial charge in [-0.2, -0.15) is 0 Å². The Bertz CT molecular complexity index is 896. The molecule has 8 nitrogen and oxygen atoms in total. The summed E-state index contributed by atoms with van der Waals surface area (Å²) in [6, 6.07) is -0.441. The first-order valence-corrected chi connectivity index (χ1v) is 11.9. The molecule has 3 aliphatic heterocycles. The lowest BCUT2D eigenvalue weighted by Crippen LogP contribution is -2.69. The molecule has 170 valence electrons. The highest BCUT2D eigenvalue weighted by Gasteiger charge is 2.52. The fourth-order valence-corrected chi connectivity index (χ4v) is 6.13. The number of likely N-dealkylation sites (tertiary alicyclic amines) is 1. The maximum absolute atomic E-state index is 13.4. The van der Waals surface area contributed by atoms with Gasteiger partial charge in [0.05, 0.1) is 5.69 Å². The minimum Gasteiger partial charge on any atom is -0.354 e. The summed E-state index contributed by atoms with van der Waals surface area (Å²) in [6.45, 7) is 1.72. The Labute approximate surface area is 188 Å². The Balaban J connectivity index is 1.31. The molecule has 4 atom stereocenters. The van der Waals surface area contributed by atoms with Crippen LogP contribution in [0.1, 0.15) is 44.2 Å². The lowest BCUT2D eigenvalue weighted by atomic mass is 9.71. The van der Waals surface area contributed by atoms with Gasteiger partial charge in [0.25, 0.3) is 0 Å². The molecule has 1 aromatic heterocycles. The molecule has 3 amide bonds. The van der Waals surface area contributed by atoms with Crippen molar-refractivity contribution in [2.75, 3.05) is 19.6 Å². The number of carbonyl (C=O) groups excluding carboxylic acids is 3. The van der Waals surface area contributed by atoms with Gasteiger partial charge >= 0.3 is 0 Å². The van der Waals surface area contributed by atoms with Crippen molar-refractivity contribution in [1.82, 2.24) is 25.1 Å². The molecule has 1 aromatic rings. The molecule has 4 aliphatic rings. The average molecular weight is 438 g/mol. The second kappa shape index (κ2) is 9.00. The molecule has 5 rings (SSSR count). The zero-order valence-electron chi connectivity index (χ0n) is 18.4. The SMILES string of the molecule is O=C(NCCc1cnccn1)[C@H]1[C@@H]2C[C@@H](CN(C(=O)C3CC=CC3)C2)[C@@H]2CCCC(=O)N21. The molecule has 0 saturated carbocycles. The molecule has 2 bridgehead atoms. The number of allylic oxidation sites excluding steroid dienone is 2. The molecule has 0 unspecified atom stereocenters. The molecule has 1 N–H and O–H groups in total. The maximum atomic E-state index is 13.4. The van der Waals surface area contributed by atoms with E-state index >= 15 is 0 Å². The van der Waals surface area contributed by atoms with Crippen molar-refractivity contribution < 1.29 is 14.4 Å². The van der Waals surface area contributed by atoms with Crippen LogP contribution in [0.3, 0.4) is 0 Å². The number of nitrogens with one attached hydrogen (secondary N) is 1. The maximum Gasteiger partial charge on any atom is 0.243 e. The van der Waals surface area contributed by atoms with Gasteiger partial charge in [-0.1, -0.05) is 12.2 Å². The van der Waals surface area contributed by atoms with Crippen molar-refractivity contribution in [2.24, 2.45) is 17.8 Å². The van der Waals surface area contributed by atoms with E-state index in [4.69, 9.17) is 0 Å². The monoisotopic (exact) mass is 437 g/mol. The summed E-state index contributed by atoms with van der Waals surface area (Å²) in [4.78, 5) is 51.7. The average Bonchev–Trinajstić information content (AvgIpc) is 3.35. The molecular formula is C24H31N5O3. The van der Waals surface area contributed by atoms with E-state index in [2.05, 4.69) is 27.4 Å². The van der Waals surface area contributed by atoms with Gasteiger partial charge < -0.3 is 15.1 Å². The number of amides is 3. The number of nitrogens with zero attached hydrogens (tertiary/aromatic N) is 4. The fourth-order valence-electron chi connectivity index (χ4n) is 6.13. The first-order chi connectivity index (χ1) is 15.6. The summed E-state index contributed by atoms with van der Waals surface area (Å²) < 4.78 is 0. The van der Waals surface area contributed by atoms with Gasteiger partial charge in [0.1, 0.15) is 6.04 Å². The van der Waals surface area contributed by atoms with Crippen LogP contribution in [-0.4, -0.2) is 69.2 Å². The summed E-state index contributed by atoms with van der Waals surface area (Å²) in [5.74, 6) is 0.486. The summed E-state index contributed by atoms with van der Waals surface area (Å²) in [7, 11) is 0. The lowest BCUT2D eigenvalue weighted by molar-refractivity contribution is -0.163. The van der Waals surface area contributed by atoms with Gasteiger partial charge in [-0.15, -0.1) is 0 Å². The third-order valence-electron chi connectivity index (χ3n) is 7.58.